The van der Waals surface area contributed by atoms with Crippen molar-refractivity contribution in [2.75, 3.05) is 6.54 Å². The Balaban J connectivity index is 1.58. The fourth-order valence-corrected chi connectivity index (χ4v) is 3.59. The van der Waals surface area contributed by atoms with Crippen molar-refractivity contribution in [2.24, 2.45) is 0 Å². The van der Waals surface area contributed by atoms with Gasteiger partial charge in [-0.15, -0.1) is 11.3 Å². The van der Waals surface area contributed by atoms with E-state index < -0.39 is 17.7 Å². The van der Waals surface area contributed by atoms with Crippen molar-refractivity contribution in [3.8, 4) is 0 Å². The first-order chi connectivity index (χ1) is 13.8. The SMILES string of the molecule is CC(C)(C)OC(=O)NC(Cc1cccs1)C(=O)NCCc1nc2ccccc2[nH]1. The Hall–Kier alpha value is -2.87. The lowest BCUT2D eigenvalue weighted by Gasteiger charge is -2.23. The molecule has 154 valence electrons. The molecule has 0 bridgehead atoms. The van der Waals surface area contributed by atoms with Gasteiger partial charge in [0.25, 0.3) is 0 Å². The molecule has 0 aliphatic rings. The van der Waals surface area contributed by atoms with Gasteiger partial charge in [-0.25, -0.2) is 9.78 Å². The van der Waals surface area contributed by atoms with Crippen LogP contribution in [-0.2, 0) is 22.4 Å². The van der Waals surface area contributed by atoms with Crippen molar-refractivity contribution in [3.05, 3.63) is 52.5 Å². The van der Waals surface area contributed by atoms with E-state index in [4.69, 9.17) is 4.74 Å². The molecule has 2 aromatic heterocycles. The summed E-state index contributed by atoms with van der Waals surface area (Å²) in [5, 5.41) is 7.53. The van der Waals surface area contributed by atoms with Gasteiger partial charge in [-0.05, 0) is 44.4 Å². The van der Waals surface area contributed by atoms with Crippen LogP contribution in [0.3, 0.4) is 0 Å². The number of thiophene rings is 1. The number of fused-ring (bicyclic) bond motifs is 1. The van der Waals surface area contributed by atoms with Gasteiger partial charge >= 0.3 is 6.09 Å². The van der Waals surface area contributed by atoms with Crippen LogP contribution in [0.5, 0.6) is 0 Å². The molecule has 2 heterocycles. The summed E-state index contributed by atoms with van der Waals surface area (Å²) >= 11 is 1.54. The van der Waals surface area contributed by atoms with E-state index >= 15 is 0 Å². The predicted octanol–water partition coefficient (Wildman–Crippen LogP) is 3.42. The lowest BCUT2D eigenvalue weighted by molar-refractivity contribution is -0.123. The first-order valence-electron chi connectivity index (χ1n) is 9.53. The van der Waals surface area contributed by atoms with Gasteiger partial charge in [0, 0.05) is 24.3 Å². The molecule has 3 N–H and O–H groups in total. The maximum atomic E-state index is 12.7. The third-order valence-electron chi connectivity index (χ3n) is 4.09. The Bertz CT molecular complexity index is 927. The molecule has 29 heavy (non-hydrogen) atoms. The second kappa shape index (κ2) is 9.09. The molecule has 3 rings (SSSR count). The number of amides is 2. The zero-order valence-electron chi connectivity index (χ0n) is 16.8. The Kier molecular flexibility index (Phi) is 6.53. The van der Waals surface area contributed by atoms with Crippen LogP contribution in [0.4, 0.5) is 4.79 Å². The van der Waals surface area contributed by atoms with Gasteiger partial charge in [0.1, 0.15) is 17.5 Å². The summed E-state index contributed by atoms with van der Waals surface area (Å²) in [5.41, 5.74) is 1.24. The number of carbonyl (C=O) groups excluding carboxylic acids is 2. The summed E-state index contributed by atoms with van der Waals surface area (Å²) in [4.78, 5) is 33.7. The standard InChI is InChI=1S/C21H26N4O3S/c1-21(2,3)28-20(27)25-17(13-14-7-6-12-29-14)19(26)22-11-10-18-23-15-8-4-5-9-16(15)24-18/h4-9,12,17H,10-11,13H2,1-3H3,(H,22,26)(H,23,24)(H,25,27). The van der Waals surface area contributed by atoms with Crippen molar-refractivity contribution in [3.63, 3.8) is 0 Å². The molecule has 1 atom stereocenters. The van der Waals surface area contributed by atoms with Crippen LogP contribution in [0.25, 0.3) is 11.0 Å². The highest BCUT2D eigenvalue weighted by atomic mass is 32.1. The molecular formula is C21H26N4O3S. The highest BCUT2D eigenvalue weighted by Crippen LogP contribution is 2.13. The summed E-state index contributed by atoms with van der Waals surface area (Å²) < 4.78 is 5.30. The third kappa shape index (κ3) is 6.32. The molecule has 0 aliphatic heterocycles. The van der Waals surface area contributed by atoms with Crippen LogP contribution in [-0.4, -0.2) is 40.2 Å². The molecule has 0 fully saturated rings. The number of ether oxygens (including phenoxy) is 1. The second-order valence-electron chi connectivity index (χ2n) is 7.72. The highest BCUT2D eigenvalue weighted by Gasteiger charge is 2.25. The van der Waals surface area contributed by atoms with E-state index in [9.17, 15) is 9.59 Å². The molecular weight excluding hydrogens is 388 g/mol. The average Bonchev–Trinajstić information content (AvgIpc) is 3.28. The van der Waals surface area contributed by atoms with Gasteiger partial charge in [0.2, 0.25) is 5.91 Å². The lowest BCUT2D eigenvalue weighted by atomic mass is 10.1. The van der Waals surface area contributed by atoms with Gasteiger partial charge in [-0.1, -0.05) is 18.2 Å². The van der Waals surface area contributed by atoms with Crippen molar-refractivity contribution < 1.29 is 14.3 Å². The molecule has 0 radical (unpaired) electrons. The van der Waals surface area contributed by atoms with Crippen LogP contribution in [0, 0.1) is 0 Å². The number of H-pyrrole nitrogens is 1. The molecule has 7 nitrogen and oxygen atoms in total. The van der Waals surface area contributed by atoms with Crippen LogP contribution in [0.1, 0.15) is 31.5 Å². The zero-order chi connectivity index (χ0) is 20.9. The number of carbonyl (C=O) groups is 2. The summed E-state index contributed by atoms with van der Waals surface area (Å²) in [7, 11) is 0. The van der Waals surface area contributed by atoms with Crippen molar-refractivity contribution >= 4 is 34.4 Å². The number of benzene rings is 1. The number of imidazole rings is 1. The van der Waals surface area contributed by atoms with E-state index in [1.54, 1.807) is 32.1 Å². The number of hydrogen-bond acceptors (Lipinski definition) is 5. The fourth-order valence-electron chi connectivity index (χ4n) is 2.84. The van der Waals surface area contributed by atoms with Crippen LogP contribution >= 0.6 is 11.3 Å². The van der Waals surface area contributed by atoms with E-state index in [0.29, 0.717) is 19.4 Å². The molecule has 0 spiro atoms. The number of alkyl carbamates (subject to hydrolysis) is 1. The highest BCUT2D eigenvalue weighted by molar-refractivity contribution is 7.09. The number of nitrogens with one attached hydrogen (secondary N) is 3. The minimum Gasteiger partial charge on any atom is -0.444 e. The van der Waals surface area contributed by atoms with Gasteiger partial charge in [-0.2, -0.15) is 0 Å². The van der Waals surface area contributed by atoms with Crippen LogP contribution in [0.2, 0.25) is 0 Å². The smallest absolute Gasteiger partial charge is 0.408 e. The average molecular weight is 415 g/mol. The molecule has 8 heteroatoms. The first kappa shape index (κ1) is 20.9. The van der Waals surface area contributed by atoms with E-state index in [1.807, 2.05) is 41.8 Å². The van der Waals surface area contributed by atoms with E-state index in [-0.39, 0.29) is 5.91 Å². The summed E-state index contributed by atoms with van der Waals surface area (Å²) in [6, 6.07) is 10.9. The summed E-state index contributed by atoms with van der Waals surface area (Å²) in [6.45, 7) is 5.77. The van der Waals surface area contributed by atoms with E-state index in [2.05, 4.69) is 20.6 Å². The zero-order valence-corrected chi connectivity index (χ0v) is 17.6. The fraction of sp³-hybridized carbons (Fsp3) is 0.381. The number of aromatic amines is 1. The Morgan fingerprint density at radius 3 is 2.69 bits per heavy atom. The Labute approximate surface area is 173 Å². The molecule has 1 aromatic carbocycles. The molecule has 0 aliphatic carbocycles. The topological polar surface area (TPSA) is 96.1 Å². The monoisotopic (exact) mass is 414 g/mol. The number of hydrogen-bond donors (Lipinski definition) is 3. The maximum Gasteiger partial charge on any atom is 0.408 e. The summed E-state index contributed by atoms with van der Waals surface area (Å²) in [5.74, 6) is 0.557. The van der Waals surface area contributed by atoms with Crippen LogP contribution in [0.15, 0.2) is 41.8 Å². The minimum atomic E-state index is -0.709. The quantitative estimate of drug-likeness (QED) is 0.552. The van der Waals surface area contributed by atoms with Gasteiger partial charge in [-0.3, -0.25) is 4.79 Å². The predicted molar refractivity (Wildman–Crippen MR) is 114 cm³/mol. The number of rotatable bonds is 7. The maximum absolute atomic E-state index is 12.7. The number of aromatic nitrogens is 2. The number of nitrogens with zero attached hydrogens (tertiary/aromatic N) is 1. The number of para-hydroxylation sites is 2. The van der Waals surface area contributed by atoms with E-state index in [0.717, 1.165) is 21.7 Å². The van der Waals surface area contributed by atoms with Crippen molar-refractivity contribution in [2.45, 2.75) is 45.3 Å². The van der Waals surface area contributed by atoms with Gasteiger partial charge in [0.15, 0.2) is 0 Å². The van der Waals surface area contributed by atoms with Crippen molar-refractivity contribution in [1.82, 2.24) is 20.6 Å². The lowest BCUT2D eigenvalue weighted by Crippen LogP contribution is -2.49. The minimum absolute atomic E-state index is 0.250. The molecule has 1 unspecified atom stereocenters. The molecule has 2 amide bonds. The summed E-state index contributed by atoms with van der Waals surface area (Å²) in [6.07, 6.45) is 0.373. The second-order valence-corrected chi connectivity index (χ2v) is 8.76. The Morgan fingerprint density at radius 1 is 1.21 bits per heavy atom. The normalized spacial score (nSPS) is 12.5. The van der Waals surface area contributed by atoms with Crippen molar-refractivity contribution in [1.29, 1.82) is 0 Å². The third-order valence-corrected chi connectivity index (χ3v) is 4.99. The van der Waals surface area contributed by atoms with E-state index in [1.165, 1.54) is 0 Å². The largest absolute Gasteiger partial charge is 0.444 e. The molecule has 0 saturated carbocycles. The Morgan fingerprint density at radius 2 is 2.00 bits per heavy atom. The molecule has 0 saturated heterocycles. The van der Waals surface area contributed by atoms with Gasteiger partial charge in [0.05, 0.1) is 11.0 Å². The first-order valence-corrected chi connectivity index (χ1v) is 10.4. The molecule has 3 aromatic rings. The van der Waals surface area contributed by atoms with Crippen LogP contribution < -0.4 is 10.6 Å². The van der Waals surface area contributed by atoms with Gasteiger partial charge < -0.3 is 20.4 Å².